The molecule has 3 rings (SSSR count). The fourth-order valence-electron chi connectivity index (χ4n) is 4.71. The first-order valence-electron chi connectivity index (χ1n) is 12.4. The van der Waals surface area contributed by atoms with Crippen LogP contribution in [-0.2, 0) is 20.8 Å². The van der Waals surface area contributed by atoms with Gasteiger partial charge in [0.15, 0.2) is 5.78 Å². The second-order valence-corrected chi connectivity index (χ2v) is 11.4. The zero-order chi connectivity index (χ0) is 25.4. The Morgan fingerprint density at radius 3 is 2.69 bits per heavy atom. The van der Waals surface area contributed by atoms with Crippen LogP contribution in [0.15, 0.2) is 30.4 Å². The van der Waals surface area contributed by atoms with Gasteiger partial charge in [-0.05, 0) is 70.5 Å². The molecular weight excluding hydrogens is 482 g/mol. The molecule has 0 unspecified atom stereocenters. The third-order valence-corrected chi connectivity index (χ3v) is 7.77. The molecule has 1 heterocycles. The first kappa shape index (κ1) is 27.5. The van der Waals surface area contributed by atoms with Gasteiger partial charge in [-0.1, -0.05) is 30.5 Å². The molecule has 2 atom stereocenters. The lowest BCUT2D eigenvalue weighted by Crippen LogP contribution is -2.43. The van der Waals surface area contributed by atoms with Crippen molar-refractivity contribution in [3.63, 3.8) is 0 Å². The van der Waals surface area contributed by atoms with Crippen LogP contribution in [0.25, 0.3) is 10.2 Å². The molecule has 0 spiro atoms. The van der Waals surface area contributed by atoms with Gasteiger partial charge in [0.2, 0.25) is 5.91 Å². The number of ketones is 2. The van der Waals surface area contributed by atoms with Crippen molar-refractivity contribution in [2.45, 2.75) is 64.3 Å². The number of halogens is 1. The number of carbonyl (C=O) groups excluding carboxylic acids is 3. The summed E-state index contributed by atoms with van der Waals surface area (Å²) in [6.45, 7) is 2.24. The maximum atomic E-state index is 13.4. The topological polar surface area (TPSA) is 79.4 Å². The molecule has 1 aliphatic carbocycles. The smallest absolute Gasteiger partial charge is 0.224 e. The number of aromatic nitrogens is 1. The molecule has 190 valence electrons. The number of hydrogen-bond donors (Lipinski definition) is 1. The number of Topliss-reactive ketones (excluding diaryl/α,β-unsaturated/α-hetero) is 1. The van der Waals surface area contributed by atoms with Crippen LogP contribution >= 0.6 is 22.9 Å². The number of nitrogens with zero attached hydrogens (tertiary/aromatic N) is 2. The number of nitrogens with one attached hydrogen (secondary N) is 1. The fourth-order valence-corrected chi connectivity index (χ4v) is 6.03. The van der Waals surface area contributed by atoms with Crippen molar-refractivity contribution in [3.05, 3.63) is 40.4 Å². The van der Waals surface area contributed by atoms with Gasteiger partial charge in [-0.2, -0.15) is 0 Å². The molecular formula is C27H36ClN3O3S. The second-order valence-electron chi connectivity index (χ2n) is 9.86. The Balaban J connectivity index is 1.68. The summed E-state index contributed by atoms with van der Waals surface area (Å²) < 4.78 is 0.971. The van der Waals surface area contributed by atoms with Crippen LogP contribution < -0.4 is 5.32 Å². The predicted molar refractivity (Wildman–Crippen MR) is 143 cm³/mol. The quantitative estimate of drug-likeness (QED) is 0.368. The number of benzene rings is 1. The molecule has 1 fully saturated rings. The summed E-state index contributed by atoms with van der Waals surface area (Å²) in [7, 11) is 3.92. The minimum Gasteiger partial charge on any atom is -0.353 e. The molecule has 1 aromatic heterocycles. The summed E-state index contributed by atoms with van der Waals surface area (Å²) in [4.78, 5) is 44.4. The van der Waals surface area contributed by atoms with Crippen molar-refractivity contribution in [1.29, 1.82) is 0 Å². The van der Waals surface area contributed by atoms with Crippen LogP contribution in [0.4, 0.5) is 0 Å². The number of thiazole rings is 1. The fraction of sp³-hybridized carbons (Fsp3) is 0.556. The minimum absolute atomic E-state index is 0.0204. The van der Waals surface area contributed by atoms with E-state index in [0.29, 0.717) is 30.2 Å². The monoisotopic (exact) mass is 517 g/mol. The predicted octanol–water partition coefficient (Wildman–Crippen LogP) is 5.23. The highest BCUT2D eigenvalue weighted by atomic mass is 35.5. The Morgan fingerprint density at radius 2 is 2.00 bits per heavy atom. The van der Waals surface area contributed by atoms with Crippen LogP contribution in [0.5, 0.6) is 0 Å². The molecule has 6 nitrogen and oxygen atoms in total. The summed E-state index contributed by atoms with van der Waals surface area (Å²) in [6, 6.07) is 5.49. The van der Waals surface area contributed by atoms with E-state index in [1.165, 1.54) is 18.3 Å². The highest BCUT2D eigenvalue weighted by Gasteiger charge is 2.30. The molecule has 35 heavy (non-hydrogen) atoms. The third-order valence-electron chi connectivity index (χ3n) is 6.49. The van der Waals surface area contributed by atoms with Crippen LogP contribution in [0.1, 0.15) is 56.9 Å². The average molecular weight is 518 g/mol. The molecule has 1 aliphatic rings. The number of rotatable bonds is 13. The number of carbonyl (C=O) groups is 3. The zero-order valence-corrected chi connectivity index (χ0v) is 22.5. The summed E-state index contributed by atoms with van der Waals surface area (Å²) in [5.41, 5.74) is 0.848. The third kappa shape index (κ3) is 8.81. The Bertz CT molecular complexity index is 1060. The van der Waals surface area contributed by atoms with Gasteiger partial charge in [0, 0.05) is 36.9 Å². The normalized spacial score (nSPS) is 16.3. The first-order chi connectivity index (χ1) is 16.7. The Kier molecular flexibility index (Phi) is 10.4. The maximum Gasteiger partial charge on any atom is 0.224 e. The standard InChI is InChI=1S/C27H36ClN3O3S/c1-18(32)15-20(16-26-29-24-12-10-21(28)17-25(24)35-26)27(34)30-23(19-7-4-5-8-19)13-11-22(33)9-6-14-31(2)3/h6,9-10,12,17,19-20,23H,4-5,7-8,11,13-16H2,1-3H3,(H,30,34)/b9-6+/t20-,23+/m0/s1. The molecule has 0 saturated heterocycles. The molecule has 1 saturated carbocycles. The summed E-state index contributed by atoms with van der Waals surface area (Å²) in [5, 5.41) is 4.71. The van der Waals surface area contributed by atoms with Gasteiger partial charge in [-0.15, -0.1) is 11.3 Å². The van der Waals surface area contributed by atoms with Crippen molar-refractivity contribution in [3.8, 4) is 0 Å². The van der Waals surface area contributed by atoms with Crippen LogP contribution in [-0.4, -0.2) is 54.0 Å². The van der Waals surface area contributed by atoms with E-state index < -0.39 is 5.92 Å². The molecule has 1 amide bonds. The first-order valence-corrected chi connectivity index (χ1v) is 13.6. The van der Waals surface area contributed by atoms with Crippen molar-refractivity contribution in [1.82, 2.24) is 15.2 Å². The number of amides is 1. The lowest BCUT2D eigenvalue weighted by Gasteiger charge is -2.26. The summed E-state index contributed by atoms with van der Waals surface area (Å²) in [6.07, 6.45) is 9.55. The van der Waals surface area contributed by atoms with E-state index in [9.17, 15) is 14.4 Å². The van der Waals surface area contributed by atoms with Crippen LogP contribution in [0.2, 0.25) is 5.02 Å². The lowest BCUT2D eigenvalue weighted by molar-refractivity contribution is -0.129. The van der Waals surface area contributed by atoms with E-state index in [-0.39, 0.29) is 29.9 Å². The maximum absolute atomic E-state index is 13.4. The lowest BCUT2D eigenvalue weighted by atomic mass is 9.91. The zero-order valence-electron chi connectivity index (χ0n) is 20.9. The average Bonchev–Trinajstić information content (AvgIpc) is 3.45. The van der Waals surface area contributed by atoms with Gasteiger partial charge in [0.25, 0.3) is 0 Å². The molecule has 1 N–H and O–H groups in total. The number of hydrogen-bond acceptors (Lipinski definition) is 6. The molecule has 0 aliphatic heterocycles. The summed E-state index contributed by atoms with van der Waals surface area (Å²) >= 11 is 7.62. The van der Waals surface area contributed by atoms with Gasteiger partial charge in [-0.3, -0.25) is 9.59 Å². The molecule has 8 heteroatoms. The Morgan fingerprint density at radius 1 is 1.26 bits per heavy atom. The molecule has 2 aromatic rings. The van der Waals surface area contributed by atoms with Crippen LogP contribution in [0.3, 0.4) is 0 Å². The highest BCUT2D eigenvalue weighted by molar-refractivity contribution is 7.18. The van der Waals surface area contributed by atoms with Gasteiger partial charge in [0.05, 0.1) is 21.1 Å². The Hall–Kier alpha value is -2.09. The van der Waals surface area contributed by atoms with E-state index in [0.717, 1.165) is 47.5 Å². The van der Waals surface area contributed by atoms with E-state index in [1.807, 2.05) is 37.2 Å². The SMILES string of the molecule is CC(=O)C[C@@H](Cc1nc2ccc(Cl)cc2s1)C(=O)N[C@H](CCC(=O)/C=C/CN(C)C)C1CCCC1. The van der Waals surface area contributed by atoms with Gasteiger partial charge >= 0.3 is 0 Å². The van der Waals surface area contributed by atoms with Crippen molar-refractivity contribution in [2.75, 3.05) is 20.6 Å². The van der Waals surface area contributed by atoms with Crippen LogP contribution in [0, 0.1) is 11.8 Å². The minimum atomic E-state index is -0.483. The van der Waals surface area contributed by atoms with E-state index >= 15 is 0 Å². The molecule has 0 bridgehead atoms. The number of allylic oxidation sites excluding steroid dienone is 1. The van der Waals surface area contributed by atoms with Crippen molar-refractivity contribution < 1.29 is 14.4 Å². The Labute approximate surface area is 217 Å². The van der Waals surface area contributed by atoms with Gasteiger partial charge < -0.3 is 15.0 Å². The molecule has 0 radical (unpaired) electrons. The van der Waals surface area contributed by atoms with Crippen molar-refractivity contribution in [2.24, 2.45) is 11.8 Å². The summed E-state index contributed by atoms with van der Waals surface area (Å²) in [5.74, 6) is -0.168. The van der Waals surface area contributed by atoms with E-state index in [1.54, 1.807) is 12.1 Å². The van der Waals surface area contributed by atoms with Gasteiger partial charge in [-0.25, -0.2) is 4.98 Å². The number of fused-ring (bicyclic) bond motifs is 1. The largest absolute Gasteiger partial charge is 0.353 e. The highest BCUT2D eigenvalue weighted by Crippen LogP contribution is 2.31. The van der Waals surface area contributed by atoms with Crippen molar-refractivity contribution >= 4 is 50.6 Å². The molecule has 1 aromatic carbocycles. The second kappa shape index (κ2) is 13.3. The number of likely N-dealkylation sites (N-methyl/N-ethyl adjacent to an activating group) is 1. The van der Waals surface area contributed by atoms with E-state index in [4.69, 9.17) is 11.6 Å². The van der Waals surface area contributed by atoms with E-state index in [2.05, 4.69) is 10.3 Å². The van der Waals surface area contributed by atoms with Gasteiger partial charge in [0.1, 0.15) is 5.78 Å².